The van der Waals surface area contributed by atoms with E-state index >= 15 is 0 Å². The minimum absolute atomic E-state index is 0.116. The van der Waals surface area contributed by atoms with Crippen LogP contribution in [0.2, 0.25) is 0 Å². The maximum Gasteiger partial charge on any atom is 0.360 e. The Hall–Kier alpha value is -1.56. The van der Waals surface area contributed by atoms with Crippen LogP contribution in [-0.2, 0) is 9.47 Å². The predicted molar refractivity (Wildman–Crippen MR) is 56.8 cm³/mol. The predicted octanol–water partition coefficient (Wildman–Crippen LogP) is 0.951. The quantitative estimate of drug-likeness (QED) is 0.758. The number of ether oxygens (including phenoxy) is 2. The molecule has 1 unspecified atom stereocenters. The Labute approximate surface area is 93.3 Å². The third-order valence-electron chi connectivity index (χ3n) is 2.59. The molecule has 2 heterocycles. The van der Waals surface area contributed by atoms with E-state index in [-0.39, 0.29) is 11.9 Å². The number of anilines is 1. The number of rotatable bonds is 2. The minimum Gasteiger partial charge on any atom is -0.464 e. The van der Waals surface area contributed by atoms with Crippen LogP contribution in [0.5, 0.6) is 0 Å². The minimum atomic E-state index is -0.521. The molecule has 1 aromatic heterocycles. The van der Waals surface area contributed by atoms with Crippen LogP contribution in [0.3, 0.4) is 0 Å². The van der Waals surface area contributed by atoms with Crippen molar-refractivity contribution < 1.29 is 14.3 Å². The molecule has 0 aromatic carbocycles. The van der Waals surface area contributed by atoms with Crippen molar-refractivity contribution in [2.75, 3.05) is 19.5 Å². The molecule has 0 aliphatic carbocycles. The van der Waals surface area contributed by atoms with Gasteiger partial charge in [-0.25, -0.2) is 9.48 Å². The fraction of sp³-hybridized carbons (Fsp3) is 0.600. The summed E-state index contributed by atoms with van der Waals surface area (Å²) in [7, 11) is 1.30. The van der Waals surface area contributed by atoms with Crippen LogP contribution in [0.1, 0.15) is 36.0 Å². The van der Waals surface area contributed by atoms with E-state index < -0.39 is 5.97 Å². The van der Waals surface area contributed by atoms with Crippen molar-refractivity contribution in [3.8, 4) is 0 Å². The van der Waals surface area contributed by atoms with Crippen molar-refractivity contribution in [2.24, 2.45) is 0 Å². The molecule has 0 spiro atoms. The standard InChI is InChI=1S/C10H15N3O3/c1-15-10(14)9-7(11)6-13(12-9)8-4-2-3-5-16-8/h6,8H,2-5,11H2,1H3. The largest absolute Gasteiger partial charge is 0.464 e. The smallest absolute Gasteiger partial charge is 0.360 e. The number of nitrogen functional groups attached to an aromatic ring is 1. The fourth-order valence-corrected chi connectivity index (χ4v) is 1.74. The Morgan fingerprint density at radius 1 is 1.69 bits per heavy atom. The van der Waals surface area contributed by atoms with E-state index in [2.05, 4.69) is 9.84 Å². The van der Waals surface area contributed by atoms with Gasteiger partial charge < -0.3 is 15.2 Å². The normalized spacial score (nSPS) is 20.7. The van der Waals surface area contributed by atoms with Gasteiger partial charge in [0.1, 0.15) is 6.23 Å². The molecule has 1 aliphatic heterocycles. The van der Waals surface area contributed by atoms with E-state index in [9.17, 15) is 4.79 Å². The number of hydrogen-bond donors (Lipinski definition) is 1. The van der Waals surface area contributed by atoms with Gasteiger partial charge in [0, 0.05) is 6.61 Å². The molecule has 1 atom stereocenters. The van der Waals surface area contributed by atoms with Gasteiger partial charge in [-0.15, -0.1) is 0 Å². The maximum atomic E-state index is 11.3. The second-order valence-corrected chi connectivity index (χ2v) is 3.73. The second kappa shape index (κ2) is 4.52. The Morgan fingerprint density at radius 2 is 2.50 bits per heavy atom. The van der Waals surface area contributed by atoms with Gasteiger partial charge in [0.2, 0.25) is 0 Å². The van der Waals surface area contributed by atoms with Gasteiger partial charge in [0.05, 0.1) is 19.0 Å². The Morgan fingerprint density at radius 3 is 3.12 bits per heavy atom. The summed E-state index contributed by atoms with van der Waals surface area (Å²) in [6.07, 6.45) is 4.55. The number of nitrogens with two attached hydrogens (primary N) is 1. The third kappa shape index (κ3) is 2.01. The maximum absolute atomic E-state index is 11.3. The van der Waals surface area contributed by atoms with E-state index in [1.807, 2.05) is 0 Å². The molecule has 0 amide bonds. The van der Waals surface area contributed by atoms with Crippen molar-refractivity contribution >= 4 is 11.7 Å². The Kier molecular flexibility index (Phi) is 3.09. The van der Waals surface area contributed by atoms with Crippen molar-refractivity contribution in [3.05, 3.63) is 11.9 Å². The van der Waals surface area contributed by atoms with Crippen LogP contribution in [-0.4, -0.2) is 29.5 Å². The highest BCUT2D eigenvalue weighted by atomic mass is 16.5. The monoisotopic (exact) mass is 225 g/mol. The summed E-state index contributed by atoms with van der Waals surface area (Å²) >= 11 is 0. The van der Waals surface area contributed by atoms with Crippen LogP contribution in [0.15, 0.2) is 6.20 Å². The Balaban J connectivity index is 2.19. The highest BCUT2D eigenvalue weighted by molar-refractivity contribution is 5.92. The number of hydrogen-bond acceptors (Lipinski definition) is 5. The molecule has 1 fully saturated rings. The van der Waals surface area contributed by atoms with Gasteiger partial charge in [-0.2, -0.15) is 5.10 Å². The van der Waals surface area contributed by atoms with Crippen LogP contribution in [0.4, 0.5) is 5.69 Å². The topological polar surface area (TPSA) is 79.4 Å². The average molecular weight is 225 g/mol. The van der Waals surface area contributed by atoms with Crippen molar-refractivity contribution in [1.29, 1.82) is 0 Å². The van der Waals surface area contributed by atoms with Gasteiger partial charge >= 0.3 is 5.97 Å². The summed E-state index contributed by atoms with van der Waals surface area (Å²) in [5.41, 5.74) is 6.15. The lowest BCUT2D eigenvalue weighted by Gasteiger charge is -2.22. The summed E-state index contributed by atoms with van der Waals surface area (Å²) < 4.78 is 11.7. The first-order valence-electron chi connectivity index (χ1n) is 5.27. The van der Waals surface area contributed by atoms with Crippen molar-refractivity contribution in [2.45, 2.75) is 25.5 Å². The molecule has 1 saturated heterocycles. The summed E-state index contributed by atoms with van der Waals surface area (Å²) in [4.78, 5) is 11.3. The number of methoxy groups -OCH3 is 1. The molecule has 2 rings (SSSR count). The highest BCUT2D eigenvalue weighted by Gasteiger charge is 2.21. The van der Waals surface area contributed by atoms with Gasteiger partial charge in [0.25, 0.3) is 0 Å². The first-order valence-corrected chi connectivity index (χ1v) is 5.27. The summed E-state index contributed by atoms with van der Waals surface area (Å²) in [5.74, 6) is -0.521. The lowest BCUT2D eigenvalue weighted by Crippen LogP contribution is -2.19. The molecule has 6 nitrogen and oxygen atoms in total. The molecule has 2 N–H and O–H groups in total. The number of carbonyl (C=O) groups is 1. The van der Waals surface area contributed by atoms with E-state index in [1.54, 1.807) is 10.9 Å². The molecule has 16 heavy (non-hydrogen) atoms. The molecule has 0 saturated carbocycles. The average Bonchev–Trinajstić information content (AvgIpc) is 2.71. The summed E-state index contributed by atoms with van der Waals surface area (Å²) in [5, 5.41) is 4.10. The first-order chi connectivity index (χ1) is 7.72. The number of carbonyl (C=O) groups excluding carboxylic acids is 1. The zero-order valence-electron chi connectivity index (χ0n) is 9.18. The second-order valence-electron chi connectivity index (χ2n) is 3.73. The van der Waals surface area contributed by atoms with Gasteiger partial charge in [0.15, 0.2) is 5.69 Å². The molecule has 88 valence electrons. The Bertz CT molecular complexity index is 383. The lowest BCUT2D eigenvalue weighted by molar-refractivity contribution is -0.0396. The van der Waals surface area contributed by atoms with Gasteiger partial charge in [-0.05, 0) is 19.3 Å². The van der Waals surface area contributed by atoms with E-state index in [1.165, 1.54) is 7.11 Å². The number of nitrogens with zero attached hydrogens (tertiary/aromatic N) is 2. The molecular weight excluding hydrogens is 210 g/mol. The van der Waals surface area contributed by atoms with Crippen LogP contribution in [0, 0.1) is 0 Å². The van der Waals surface area contributed by atoms with Crippen LogP contribution >= 0.6 is 0 Å². The van der Waals surface area contributed by atoms with Crippen molar-refractivity contribution in [1.82, 2.24) is 9.78 Å². The third-order valence-corrected chi connectivity index (χ3v) is 2.59. The van der Waals surface area contributed by atoms with Gasteiger partial charge in [-0.1, -0.05) is 0 Å². The van der Waals surface area contributed by atoms with Gasteiger partial charge in [-0.3, -0.25) is 0 Å². The summed E-state index contributed by atoms with van der Waals surface area (Å²) in [6.45, 7) is 0.720. The first kappa shape index (κ1) is 10.9. The number of aromatic nitrogens is 2. The van der Waals surface area contributed by atoms with Crippen LogP contribution < -0.4 is 5.73 Å². The molecule has 1 aliphatic rings. The fourth-order valence-electron chi connectivity index (χ4n) is 1.74. The van der Waals surface area contributed by atoms with Crippen LogP contribution in [0.25, 0.3) is 0 Å². The zero-order valence-corrected chi connectivity index (χ0v) is 9.18. The lowest BCUT2D eigenvalue weighted by atomic mass is 10.2. The van der Waals surface area contributed by atoms with Crippen molar-refractivity contribution in [3.63, 3.8) is 0 Å². The van der Waals surface area contributed by atoms with E-state index in [4.69, 9.17) is 10.5 Å². The molecule has 0 radical (unpaired) electrons. The zero-order chi connectivity index (χ0) is 11.5. The highest BCUT2D eigenvalue weighted by Crippen LogP contribution is 2.23. The molecule has 0 bridgehead atoms. The summed E-state index contributed by atoms with van der Waals surface area (Å²) in [6, 6.07) is 0. The molecule has 1 aromatic rings. The molecular formula is C10H15N3O3. The SMILES string of the molecule is COC(=O)c1nn(C2CCCCO2)cc1N. The molecule has 6 heteroatoms. The number of esters is 1. The van der Waals surface area contributed by atoms with E-state index in [0.29, 0.717) is 5.69 Å². The van der Waals surface area contributed by atoms with E-state index in [0.717, 1.165) is 25.9 Å².